The van der Waals surface area contributed by atoms with E-state index in [4.69, 9.17) is 15.3 Å². The van der Waals surface area contributed by atoms with Gasteiger partial charge in [-0.05, 0) is 36.1 Å². The molecule has 0 N–H and O–H groups in total. The molecule has 1 aliphatic rings. The second-order valence-corrected chi connectivity index (χ2v) is 5.49. The highest BCUT2D eigenvalue weighted by Gasteiger charge is 2.17. The molecule has 0 bridgehead atoms. The third kappa shape index (κ3) is 4.35. The molecule has 0 unspecified atom stereocenters. The molecule has 0 aromatic heterocycles. The Hall–Kier alpha value is -2.30. The first-order valence-electron chi connectivity index (χ1n) is 7.59. The number of rotatable bonds is 6. The summed E-state index contributed by atoms with van der Waals surface area (Å²) in [7, 11) is 1.67. The lowest BCUT2D eigenvalue weighted by Crippen LogP contribution is -2.33. The van der Waals surface area contributed by atoms with Crippen LogP contribution in [0.4, 0.5) is 0 Å². The van der Waals surface area contributed by atoms with Crippen LogP contribution in [0.15, 0.2) is 30.3 Å². The van der Waals surface area contributed by atoms with E-state index >= 15 is 0 Å². The van der Waals surface area contributed by atoms with Crippen LogP contribution in [-0.2, 0) is 0 Å². The molecule has 1 aromatic rings. The van der Waals surface area contributed by atoms with Crippen LogP contribution in [0.1, 0.15) is 24.8 Å². The van der Waals surface area contributed by atoms with Crippen LogP contribution >= 0.6 is 0 Å². The van der Waals surface area contributed by atoms with E-state index in [0.717, 1.165) is 31.8 Å². The van der Waals surface area contributed by atoms with E-state index in [2.05, 4.69) is 35.2 Å². The average molecular weight is 295 g/mol. The molecular weight excluding hydrogens is 274 g/mol. The van der Waals surface area contributed by atoms with Gasteiger partial charge in [-0.1, -0.05) is 18.2 Å². The summed E-state index contributed by atoms with van der Waals surface area (Å²) in [6.45, 7) is 2.58. The number of ether oxygens (including phenoxy) is 1. The summed E-state index contributed by atoms with van der Waals surface area (Å²) in [6, 6.07) is 12.6. The molecule has 114 valence electrons. The summed E-state index contributed by atoms with van der Waals surface area (Å²) in [4.78, 5) is 2.29. The zero-order valence-corrected chi connectivity index (χ0v) is 13.0. The molecule has 1 aromatic carbocycles. The van der Waals surface area contributed by atoms with Gasteiger partial charge in [0.2, 0.25) is 0 Å². The summed E-state index contributed by atoms with van der Waals surface area (Å²) in [6.07, 6.45) is 4.35. The molecule has 22 heavy (non-hydrogen) atoms. The molecule has 4 nitrogen and oxygen atoms in total. The molecular formula is C18H21N3O. The second kappa shape index (κ2) is 8.22. The van der Waals surface area contributed by atoms with E-state index in [1.54, 1.807) is 7.11 Å². The van der Waals surface area contributed by atoms with Crippen molar-refractivity contribution in [3.05, 3.63) is 35.9 Å². The maximum atomic E-state index is 9.15. The van der Waals surface area contributed by atoms with Gasteiger partial charge >= 0.3 is 0 Å². The van der Waals surface area contributed by atoms with Gasteiger partial charge in [0.1, 0.15) is 5.75 Å². The Morgan fingerprint density at radius 2 is 2.05 bits per heavy atom. The Morgan fingerprint density at radius 3 is 2.59 bits per heavy atom. The molecule has 0 amide bonds. The van der Waals surface area contributed by atoms with Crippen molar-refractivity contribution < 1.29 is 4.74 Å². The molecule has 1 atom stereocenters. The van der Waals surface area contributed by atoms with Crippen LogP contribution in [0.5, 0.6) is 5.75 Å². The maximum Gasteiger partial charge on any atom is 0.118 e. The van der Waals surface area contributed by atoms with Crippen LogP contribution in [-0.4, -0.2) is 31.6 Å². The van der Waals surface area contributed by atoms with E-state index in [-0.39, 0.29) is 5.92 Å². The summed E-state index contributed by atoms with van der Waals surface area (Å²) >= 11 is 0. The number of benzene rings is 1. The molecule has 0 spiro atoms. The molecule has 0 fully saturated rings. The lowest BCUT2D eigenvalue weighted by molar-refractivity contribution is 0.270. The molecule has 2 rings (SSSR count). The van der Waals surface area contributed by atoms with Crippen molar-refractivity contribution in [3.8, 4) is 17.9 Å². The molecule has 1 heterocycles. The normalized spacial score (nSPS) is 16.2. The molecule has 0 radical (unpaired) electrons. The predicted octanol–water partition coefficient (Wildman–Crippen LogP) is 3.23. The first kappa shape index (κ1) is 16.1. The topological polar surface area (TPSA) is 60.0 Å². The van der Waals surface area contributed by atoms with Crippen molar-refractivity contribution in [1.29, 1.82) is 10.5 Å². The highest BCUT2D eigenvalue weighted by atomic mass is 16.5. The number of hydrogen-bond donors (Lipinski definition) is 0. The highest BCUT2D eigenvalue weighted by molar-refractivity contribution is 5.67. The van der Waals surface area contributed by atoms with E-state index in [0.29, 0.717) is 12.8 Å². The van der Waals surface area contributed by atoms with Crippen LogP contribution in [0.25, 0.3) is 5.57 Å². The molecule has 0 saturated carbocycles. The lowest BCUT2D eigenvalue weighted by Gasteiger charge is -2.28. The van der Waals surface area contributed by atoms with Gasteiger partial charge in [-0.2, -0.15) is 10.5 Å². The lowest BCUT2D eigenvalue weighted by atomic mass is 9.98. The Labute approximate surface area is 132 Å². The highest BCUT2D eigenvalue weighted by Crippen LogP contribution is 2.24. The molecule has 0 saturated heterocycles. The summed E-state index contributed by atoms with van der Waals surface area (Å²) < 4.78 is 5.18. The monoisotopic (exact) mass is 295 g/mol. The van der Waals surface area contributed by atoms with Crippen molar-refractivity contribution in [1.82, 2.24) is 4.90 Å². The smallest absolute Gasteiger partial charge is 0.118 e. The minimum Gasteiger partial charge on any atom is -0.497 e. The minimum atomic E-state index is -0.0458. The van der Waals surface area contributed by atoms with E-state index in [1.807, 2.05) is 12.1 Å². The quantitative estimate of drug-likeness (QED) is 0.808. The predicted molar refractivity (Wildman–Crippen MR) is 86.0 cm³/mol. The van der Waals surface area contributed by atoms with Gasteiger partial charge in [-0.25, -0.2) is 0 Å². The average Bonchev–Trinajstić information content (AvgIpc) is 2.59. The van der Waals surface area contributed by atoms with Crippen LogP contribution in [0.2, 0.25) is 0 Å². The van der Waals surface area contributed by atoms with Gasteiger partial charge in [-0.15, -0.1) is 0 Å². The number of hydrogen-bond acceptors (Lipinski definition) is 4. The number of methoxy groups -OCH3 is 1. The number of nitriles is 2. The number of nitrogens with zero attached hydrogens (tertiary/aromatic N) is 3. The van der Waals surface area contributed by atoms with Crippen molar-refractivity contribution in [2.45, 2.75) is 19.3 Å². The fourth-order valence-electron chi connectivity index (χ4n) is 2.69. The van der Waals surface area contributed by atoms with Gasteiger partial charge in [0.05, 0.1) is 25.2 Å². The fraction of sp³-hybridized carbons (Fsp3) is 0.444. The van der Waals surface area contributed by atoms with Gasteiger partial charge in [0.15, 0.2) is 0 Å². The van der Waals surface area contributed by atoms with Gasteiger partial charge in [0.25, 0.3) is 0 Å². The van der Waals surface area contributed by atoms with E-state index in [1.165, 1.54) is 11.1 Å². The van der Waals surface area contributed by atoms with Crippen molar-refractivity contribution >= 4 is 5.57 Å². The maximum absolute atomic E-state index is 9.15. The fourth-order valence-corrected chi connectivity index (χ4v) is 2.69. The van der Waals surface area contributed by atoms with Crippen molar-refractivity contribution in [3.63, 3.8) is 0 Å². The SMILES string of the molecule is COc1ccc(C2=CCN(C[C@@H](C#N)CCC#N)CC2)cc1. The Bertz CT molecular complexity index is 592. The first-order valence-corrected chi connectivity index (χ1v) is 7.59. The van der Waals surface area contributed by atoms with Crippen LogP contribution in [0.3, 0.4) is 0 Å². The van der Waals surface area contributed by atoms with Crippen LogP contribution < -0.4 is 4.74 Å². The Balaban J connectivity index is 1.91. The van der Waals surface area contributed by atoms with Crippen LogP contribution in [0, 0.1) is 28.6 Å². The van der Waals surface area contributed by atoms with Gasteiger partial charge in [-0.3, -0.25) is 4.90 Å². The molecule has 0 aliphatic carbocycles. The van der Waals surface area contributed by atoms with Gasteiger partial charge < -0.3 is 4.74 Å². The summed E-state index contributed by atoms with van der Waals surface area (Å²) in [5.41, 5.74) is 2.59. The zero-order valence-electron chi connectivity index (χ0n) is 13.0. The Morgan fingerprint density at radius 1 is 1.27 bits per heavy atom. The van der Waals surface area contributed by atoms with Crippen molar-refractivity contribution in [2.75, 3.05) is 26.7 Å². The Kier molecular flexibility index (Phi) is 6.01. The summed E-state index contributed by atoms with van der Waals surface area (Å²) in [5.74, 6) is 0.826. The second-order valence-electron chi connectivity index (χ2n) is 5.49. The van der Waals surface area contributed by atoms with E-state index in [9.17, 15) is 0 Å². The molecule has 1 aliphatic heterocycles. The van der Waals surface area contributed by atoms with Gasteiger partial charge in [0, 0.05) is 26.1 Å². The third-order valence-corrected chi connectivity index (χ3v) is 4.02. The third-order valence-electron chi connectivity index (χ3n) is 4.02. The standard InChI is InChI=1S/C18H21N3O/c1-22-18-6-4-16(5-7-18)17-8-11-21(12-9-17)14-15(13-20)3-2-10-19/h4-8,15H,2-3,9,11-12,14H2,1H3/t15-/m1/s1. The minimum absolute atomic E-state index is 0.0458. The van der Waals surface area contributed by atoms with E-state index < -0.39 is 0 Å². The zero-order chi connectivity index (χ0) is 15.8. The van der Waals surface area contributed by atoms with Crippen molar-refractivity contribution in [2.24, 2.45) is 5.92 Å². The summed E-state index contributed by atoms with van der Waals surface area (Å²) in [5, 5.41) is 17.8. The first-order chi connectivity index (χ1) is 10.8. The largest absolute Gasteiger partial charge is 0.497 e. The molecule has 4 heteroatoms.